The van der Waals surface area contributed by atoms with Gasteiger partial charge in [-0.2, -0.15) is 5.10 Å². The minimum absolute atomic E-state index is 0.866. The van der Waals surface area contributed by atoms with E-state index in [1.54, 1.807) is 0 Å². The zero-order chi connectivity index (χ0) is 9.26. The Kier molecular flexibility index (Phi) is 2.72. The lowest BCUT2D eigenvalue weighted by molar-refractivity contribution is 0.263. The van der Waals surface area contributed by atoms with Gasteiger partial charge in [0.15, 0.2) is 0 Å². The molecule has 0 unspecified atom stereocenters. The fourth-order valence-electron chi connectivity index (χ4n) is 1.75. The summed E-state index contributed by atoms with van der Waals surface area (Å²) >= 11 is 3.47. The van der Waals surface area contributed by atoms with Gasteiger partial charge in [-0.05, 0) is 41.1 Å². The molecule has 1 aromatic rings. The molecule has 0 N–H and O–H groups in total. The van der Waals surface area contributed by atoms with Crippen LogP contribution >= 0.6 is 15.9 Å². The summed E-state index contributed by atoms with van der Waals surface area (Å²) in [4.78, 5) is 0. The van der Waals surface area contributed by atoms with E-state index in [1.807, 2.05) is 0 Å². The Morgan fingerprint density at radius 2 is 2.38 bits per heavy atom. The highest BCUT2D eigenvalue weighted by atomic mass is 79.9. The lowest BCUT2D eigenvalue weighted by Crippen LogP contribution is -2.20. The first-order valence-electron chi connectivity index (χ1n) is 4.94. The Morgan fingerprint density at radius 1 is 1.62 bits per heavy atom. The first-order valence-corrected chi connectivity index (χ1v) is 5.73. The molecule has 1 aliphatic rings. The van der Waals surface area contributed by atoms with Gasteiger partial charge in [0.2, 0.25) is 0 Å². The monoisotopic (exact) mass is 241 g/mol. The molecule has 13 heavy (non-hydrogen) atoms. The van der Waals surface area contributed by atoms with Gasteiger partial charge >= 0.3 is 0 Å². The lowest BCUT2D eigenvalue weighted by atomic mass is 9.85. The summed E-state index contributed by atoms with van der Waals surface area (Å²) in [6.07, 6.45) is 8.16. The molecule has 0 aliphatic heterocycles. The lowest BCUT2D eigenvalue weighted by Gasteiger charge is -2.25. The summed E-state index contributed by atoms with van der Waals surface area (Å²) in [7, 11) is 0. The number of hydrogen-bond acceptors (Lipinski definition) is 1. The van der Waals surface area contributed by atoms with Crippen LogP contribution in [0.25, 0.3) is 0 Å². The first kappa shape index (κ1) is 9.25. The van der Waals surface area contributed by atoms with Crippen molar-refractivity contribution in [3.05, 3.63) is 16.4 Å². The van der Waals surface area contributed by atoms with Gasteiger partial charge in [-0.1, -0.05) is 13.3 Å². The Bertz CT molecular complexity index is 289. The summed E-state index contributed by atoms with van der Waals surface area (Å²) in [5.74, 6) is 0.866. The normalized spacial score (nSPS) is 17.4. The van der Waals surface area contributed by atoms with Gasteiger partial charge in [0, 0.05) is 6.54 Å². The molecular weight excluding hydrogens is 228 g/mol. The average Bonchev–Trinajstić information content (AvgIpc) is 2.39. The molecule has 1 aliphatic carbocycles. The van der Waals surface area contributed by atoms with E-state index in [-0.39, 0.29) is 0 Å². The molecule has 0 saturated heterocycles. The molecule has 1 heterocycles. The van der Waals surface area contributed by atoms with Crippen molar-refractivity contribution in [1.29, 1.82) is 0 Å². The van der Waals surface area contributed by atoms with Crippen molar-refractivity contribution in [3.63, 3.8) is 0 Å². The van der Waals surface area contributed by atoms with Crippen LogP contribution < -0.4 is 0 Å². The molecule has 0 aromatic carbocycles. The van der Waals surface area contributed by atoms with Crippen LogP contribution in [0.4, 0.5) is 0 Å². The van der Waals surface area contributed by atoms with E-state index in [0.29, 0.717) is 0 Å². The van der Waals surface area contributed by atoms with E-state index < -0.39 is 0 Å². The van der Waals surface area contributed by atoms with Gasteiger partial charge in [0.1, 0.15) is 6.20 Å². The maximum absolute atomic E-state index is 4.25. The van der Waals surface area contributed by atoms with Crippen molar-refractivity contribution in [2.24, 2.45) is 5.92 Å². The Balaban J connectivity index is 2.09. The van der Waals surface area contributed by atoms with Crippen LogP contribution in [0, 0.1) is 12.1 Å². The molecule has 0 bridgehead atoms. The van der Waals surface area contributed by atoms with Crippen LogP contribution in [0.1, 0.15) is 31.9 Å². The molecule has 71 valence electrons. The predicted molar refractivity (Wildman–Crippen MR) is 55.5 cm³/mol. The molecule has 1 fully saturated rings. The summed E-state index contributed by atoms with van der Waals surface area (Å²) in [6, 6.07) is 0. The molecule has 2 nitrogen and oxygen atoms in total. The number of aromatic nitrogens is 2. The van der Waals surface area contributed by atoms with E-state index in [1.165, 1.54) is 25.0 Å². The molecule has 1 saturated carbocycles. The second-order valence-corrected chi connectivity index (χ2v) is 4.50. The highest BCUT2D eigenvalue weighted by molar-refractivity contribution is 9.10. The van der Waals surface area contributed by atoms with Crippen LogP contribution in [0.3, 0.4) is 0 Å². The van der Waals surface area contributed by atoms with Crippen LogP contribution in [-0.4, -0.2) is 9.78 Å². The van der Waals surface area contributed by atoms with E-state index in [4.69, 9.17) is 0 Å². The number of rotatable bonds is 3. The van der Waals surface area contributed by atoms with Crippen LogP contribution in [0.5, 0.6) is 0 Å². The molecule has 0 amide bonds. The van der Waals surface area contributed by atoms with Gasteiger partial charge in [-0.15, -0.1) is 0 Å². The average molecular weight is 242 g/mol. The molecule has 3 heteroatoms. The van der Waals surface area contributed by atoms with Crippen molar-refractivity contribution >= 4 is 15.9 Å². The summed E-state index contributed by atoms with van der Waals surface area (Å²) in [5.41, 5.74) is 1.28. The summed E-state index contributed by atoms with van der Waals surface area (Å²) < 4.78 is 3.14. The summed E-state index contributed by atoms with van der Waals surface area (Å²) in [6.45, 7) is 3.25. The minimum Gasteiger partial charge on any atom is -0.267 e. The molecule has 1 aromatic heterocycles. The van der Waals surface area contributed by atoms with Gasteiger partial charge < -0.3 is 0 Å². The third kappa shape index (κ3) is 1.80. The SMILES string of the molecule is CCc1c(Br)[c]nn1CC1CCC1. The van der Waals surface area contributed by atoms with Gasteiger partial charge in [-0.25, -0.2) is 0 Å². The van der Waals surface area contributed by atoms with Crippen molar-refractivity contribution in [2.75, 3.05) is 0 Å². The number of halogens is 1. The fraction of sp³-hybridized carbons (Fsp3) is 0.700. The topological polar surface area (TPSA) is 17.8 Å². The largest absolute Gasteiger partial charge is 0.267 e. The van der Waals surface area contributed by atoms with E-state index in [9.17, 15) is 0 Å². The van der Waals surface area contributed by atoms with Crippen molar-refractivity contribution in [3.8, 4) is 0 Å². The molecule has 2 rings (SSSR count). The standard InChI is InChI=1S/C10H14BrN2/c1-2-10-9(11)6-12-13(10)7-8-4-3-5-8/h8H,2-5,7H2,1H3. The maximum Gasteiger partial charge on any atom is 0.128 e. The zero-order valence-electron chi connectivity index (χ0n) is 7.89. The number of nitrogens with zero attached hydrogens (tertiary/aromatic N) is 2. The number of hydrogen-bond donors (Lipinski definition) is 0. The smallest absolute Gasteiger partial charge is 0.128 e. The van der Waals surface area contributed by atoms with Crippen molar-refractivity contribution in [1.82, 2.24) is 9.78 Å². The van der Waals surface area contributed by atoms with Gasteiger partial charge in [0.25, 0.3) is 0 Å². The fourth-order valence-corrected chi connectivity index (χ4v) is 2.32. The Labute approximate surface area is 87.5 Å². The van der Waals surface area contributed by atoms with Crippen LogP contribution in [-0.2, 0) is 13.0 Å². The molecular formula is C10H14BrN2. The molecule has 1 radical (unpaired) electrons. The second kappa shape index (κ2) is 3.82. The highest BCUT2D eigenvalue weighted by Gasteiger charge is 2.19. The maximum atomic E-state index is 4.25. The first-order chi connectivity index (χ1) is 6.31. The van der Waals surface area contributed by atoms with Crippen LogP contribution in [0.2, 0.25) is 0 Å². The third-order valence-electron chi connectivity index (χ3n) is 2.82. The third-order valence-corrected chi connectivity index (χ3v) is 3.46. The zero-order valence-corrected chi connectivity index (χ0v) is 9.47. The molecule has 0 atom stereocenters. The minimum atomic E-state index is 0.866. The molecule has 0 spiro atoms. The predicted octanol–water partition coefficient (Wildman–Crippen LogP) is 2.81. The van der Waals surface area contributed by atoms with Gasteiger partial charge in [0.05, 0.1) is 10.2 Å². The van der Waals surface area contributed by atoms with Gasteiger partial charge in [-0.3, -0.25) is 4.68 Å². The van der Waals surface area contributed by atoms with Crippen LogP contribution in [0.15, 0.2) is 4.47 Å². The highest BCUT2D eigenvalue weighted by Crippen LogP contribution is 2.28. The van der Waals surface area contributed by atoms with Crippen molar-refractivity contribution < 1.29 is 0 Å². The van der Waals surface area contributed by atoms with E-state index >= 15 is 0 Å². The summed E-state index contributed by atoms with van der Waals surface area (Å²) in [5, 5.41) is 4.25. The van der Waals surface area contributed by atoms with E-state index in [2.05, 4.69) is 38.8 Å². The van der Waals surface area contributed by atoms with Crippen molar-refractivity contribution in [2.45, 2.75) is 39.2 Å². The Hall–Kier alpha value is -0.310. The quantitative estimate of drug-likeness (QED) is 0.796. The second-order valence-electron chi connectivity index (χ2n) is 3.71. The Morgan fingerprint density at radius 3 is 2.92 bits per heavy atom. The van der Waals surface area contributed by atoms with E-state index in [0.717, 1.165) is 23.4 Å².